The van der Waals surface area contributed by atoms with E-state index in [1.165, 1.54) is 0 Å². The summed E-state index contributed by atoms with van der Waals surface area (Å²) in [7, 11) is -3.87. The predicted octanol–water partition coefficient (Wildman–Crippen LogP) is 2.60. The Morgan fingerprint density at radius 1 is 1.00 bits per heavy atom. The molecule has 0 saturated heterocycles. The van der Waals surface area contributed by atoms with Gasteiger partial charge in [0.15, 0.2) is 0 Å². The second-order valence-electron chi connectivity index (χ2n) is 6.31. The van der Waals surface area contributed by atoms with E-state index in [-0.39, 0.29) is 18.0 Å². The molecule has 0 saturated carbocycles. The molecular formula is C19H24N2O3S. The molecule has 2 aromatic rings. The monoisotopic (exact) mass is 360 g/mol. The van der Waals surface area contributed by atoms with Gasteiger partial charge in [0.1, 0.15) is 0 Å². The first kappa shape index (κ1) is 19.1. The fourth-order valence-electron chi connectivity index (χ4n) is 2.88. The number of hydrogen-bond acceptors (Lipinski definition) is 3. The third kappa shape index (κ3) is 4.08. The van der Waals surface area contributed by atoms with Crippen molar-refractivity contribution in [2.75, 3.05) is 6.54 Å². The van der Waals surface area contributed by atoms with E-state index in [1.54, 1.807) is 13.8 Å². The van der Waals surface area contributed by atoms with Crippen molar-refractivity contribution in [3.63, 3.8) is 0 Å². The Kier molecular flexibility index (Phi) is 5.65. The van der Waals surface area contributed by atoms with Gasteiger partial charge in [-0.3, -0.25) is 4.79 Å². The zero-order valence-electron chi connectivity index (χ0n) is 15.0. The highest BCUT2D eigenvalue weighted by Gasteiger charge is 2.30. The highest BCUT2D eigenvalue weighted by molar-refractivity contribution is 7.89. The van der Waals surface area contributed by atoms with Crippen molar-refractivity contribution in [3.8, 4) is 0 Å². The van der Waals surface area contributed by atoms with Gasteiger partial charge in [0.05, 0.1) is 11.4 Å². The van der Waals surface area contributed by atoms with Gasteiger partial charge < -0.3 is 5.73 Å². The molecule has 0 radical (unpaired) electrons. The van der Waals surface area contributed by atoms with Crippen LogP contribution in [0.1, 0.15) is 27.8 Å². The third-order valence-electron chi connectivity index (χ3n) is 4.43. The second-order valence-corrected chi connectivity index (χ2v) is 8.19. The highest BCUT2D eigenvalue weighted by atomic mass is 32.2. The predicted molar refractivity (Wildman–Crippen MR) is 98.6 cm³/mol. The minimum atomic E-state index is -3.87. The van der Waals surface area contributed by atoms with Crippen LogP contribution in [0, 0.1) is 27.7 Å². The number of carbonyl (C=O) groups is 1. The molecule has 25 heavy (non-hydrogen) atoms. The van der Waals surface area contributed by atoms with Crippen molar-refractivity contribution in [1.82, 2.24) is 4.31 Å². The maximum absolute atomic E-state index is 13.3. The smallest absolute Gasteiger partial charge is 0.244 e. The van der Waals surface area contributed by atoms with Crippen LogP contribution in [0.25, 0.3) is 0 Å². The Bertz CT molecular complexity index is 864. The van der Waals surface area contributed by atoms with E-state index in [4.69, 9.17) is 5.73 Å². The average Bonchev–Trinajstić information content (AvgIpc) is 2.53. The van der Waals surface area contributed by atoms with Crippen LogP contribution in [0.3, 0.4) is 0 Å². The van der Waals surface area contributed by atoms with E-state index in [9.17, 15) is 13.2 Å². The van der Waals surface area contributed by atoms with Crippen LogP contribution in [0.4, 0.5) is 0 Å². The van der Waals surface area contributed by atoms with Crippen LogP contribution < -0.4 is 5.73 Å². The Balaban J connectivity index is 2.58. The molecule has 134 valence electrons. The van der Waals surface area contributed by atoms with Crippen LogP contribution >= 0.6 is 0 Å². The maximum atomic E-state index is 13.3. The first-order chi connectivity index (χ1) is 11.6. The number of nitrogens with two attached hydrogens (primary N) is 1. The van der Waals surface area contributed by atoms with Crippen LogP contribution in [0.5, 0.6) is 0 Å². The Morgan fingerprint density at radius 3 is 2.00 bits per heavy atom. The summed E-state index contributed by atoms with van der Waals surface area (Å²) >= 11 is 0. The van der Waals surface area contributed by atoms with Gasteiger partial charge in [-0.2, -0.15) is 4.31 Å². The average molecular weight is 360 g/mol. The number of nitrogens with zero attached hydrogens (tertiary/aromatic N) is 1. The lowest BCUT2D eigenvalue weighted by Crippen LogP contribution is -2.38. The Labute approximate surface area is 149 Å². The minimum absolute atomic E-state index is 0.0952. The van der Waals surface area contributed by atoms with E-state index in [0.29, 0.717) is 11.1 Å². The molecule has 6 heteroatoms. The van der Waals surface area contributed by atoms with Gasteiger partial charge in [-0.05, 0) is 55.5 Å². The lowest BCUT2D eigenvalue weighted by atomic mass is 10.0. The number of primary amides is 1. The van der Waals surface area contributed by atoms with Crippen molar-refractivity contribution in [3.05, 3.63) is 64.2 Å². The van der Waals surface area contributed by atoms with Crippen molar-refractivity contribution in [2.45, 2.75) is 39.1 Å². The first-order valence-electron chi connectivity index (χ1n) is 8.04. The van der Waals surface area contributed by atoms with Gasteiger partial charge in [0.25, 0.3) is 0 Å². The molecule has 0 atom stereocenters. The summed E-state index contributed by atoms with van der Waals surface area (Å²) in [5.41, 5.74) is 9.32. The number of sulfonamides is 1. The molecule has 5 nitrogen and oxygen atoms in total. The maximum Gasteiger partial charge on any atom is 0.244 e. The van der Waals surface area contributed by atoms with Gasteiger partial charge in [-0.15, -0.1) is 0 Å². The molecule has 1 amide bonds. The summed E-state index contributed by atoms with van der Waals surface area (Å²) in [6.07, 6.45) is 0. The number of benzene rings is 2. The van der Waals surface area contributed by atoms with E-state index in [1.807, 2.05) is 50.2 Å². The molecule has 0 spiro atoms. The van der Waals surface area contributed by atoms with E-state index < -0.39 is 15.9 Å². The Morgan fingerprint density at radius 2 is 1.52 bits per heavy atom. The van der Waals surface area contributed by atoms with E-state index in [0.717, 1.165) is 21.0 Å². The molecule has 0 bridgehead atoms. The quantitative estimate of drug-likeness (QED) is 0.860. The van der Waals surface area contributed by atoms with Crippen LogP contribution in [0.15, 0.2) is 41.3 Å². The van der Waals surface area contributed by atoms with Crippen LogP contribution in [0.2, 0.25) is 0 Å². The molecule has 0 aliphatic carbocycles. The van der Waals surface area contributed by atoms with Crippen molar-refractivity contribution < 1.29 is 13.2 Å². The first-order valence-corrected chi connectivity index (χ1v) is 9.48. The molecule has 2 rings (SSSR count). The van der Waals surface area contributed by atoms with Gasteiger partial charge in [-0.25, -0.2) is 8.42 Å². The summed E-state index contributed by atoms with van der Waals surface area (Å²) < 4.78 is 27.8. The number of hydrogen-bond donors (Lipinski definition) is 1. The molecule has 0 heterocycles. The fourth-order valence-corrected chi connectivity index (χ4v) is 4.85. The van der Waals surface area contributed by atoms with E-state index in [2.05, 4.69) is 0 Å². The lowest BCUT2D eigenvalue weighted by Gasteiger charge is -2.24. The molecule has 0 aliphatic heterocycles. The van der Waals surface area contributed by atoms with Crippen molar-refractivity contribution in [2.24, 2.45) is 5.73 Å². The molecule has 2 N–H and O–H groups in total. The van der Waals surface area contributed by atoms with Gasteiger partial charge in [0, 0.05) is 6.54 Å². The molecule has 0 aliphatic rings. The number of amides is 1. The summed E-state index contributed by atoms with van der Waals surface area (Å²) in [5.74, 6) is -0.681. The second kappa shape index (κ2) is 7.37. The fraction of sp³-hybridized carbons (Fsp3) is 0.316. The van der Waals surface area contributed by atoms with Crippen molar-refractivity contribution >= 4 is 15.9 Å². The van der Waals surface area contributed by atoms with Crippen molar-refractivity contribution in [1.29, 1.82) is 0 Å². The third-order valence-corrected chi connectivity index (χ3v) is 6.50. The number of carbonyl (C=O) groups excluding carboxylic acids is 1. The zero-order chi connectivity index (χ0) is 18.8. The minimum Gasteiger partial charge on any atom is -0.369 e. The molecule has 0 unspecified atom stereocenters. The topological polar surface area (TPSA) is 80.5 Å². The van der Waals surface area contributed by atoms with Gasteiger partial charge in [0.2, 0.25) is 15.9 Å². The normalized spacial score (nSPS) is 11.7. The molecule has 0 aromatic heterocycles. The SMILES string of the molecule is Cc1cc(C)c(C)c(S(=O)(=O)N(CC(N)=O)Cc2ccccc2)c1C. The van der Waals surface area contributed by atoms with Gasteiger partial charge in [-0.1, -0.05) is 36.4 Å². The number of rotatable bonds is 6. The van der Waals surface area contributed by atoms with Crippen LogP contribution in [-0.2, 0) is 21.4 Å². The molecular weight excluding hydrogens is 336 g/mol. The molecule has 0 fully saturated rings. The Hall–Kier alpha value is -2.18. The highest BCUT2D eigenvalue weighted by Crippen LogP contribution is 2.29. The standard InChI is InChI=1S/C19H24N2O3S/c1-13-10-14(2)16(4)19(15(13)3)25(23,24)21(12-18(20)22)11-17-8-6-5-7-9-17/h5-10H,11-12H2,1-4H3,(H2,20,22). The number of aryl methyl sites for hydroxylation is 2. The molecule has 2 aromatic carbocycles. The zero-order valence-corrected chi connectivity index (χ0v) is 15.9. The summed E-state index contributed by atoms with van der Waals surface area (Å²) in [4.78, 5) is 11.8. The van der Waals surface area contributed by atoms with E-state index >= 15 is 0 Å². The largest absolute Gasteiger partial charge is 0.369 e. The summed E-state index contributed by atoms with van der Waals surface area (Å²) in [6, 6.07) is 11.1. The lowest BCUT2D eigenvalue weighted by molar-refractivity contribution is -0.118. The van der Waals surface area contributed by atoms with Crippen LogP contribution in [-0.4, -0.2) is 25.2 Å². The summed E-state index contributed by atoms with van der Waals surface area (Å²) in [6.45, 7) is 7.09. The van der Waals surface area contributed by atoms with Gasteiger partial charge >= 0.3 is 0 Å². The summed E-state index contributed by atoms with van der Waals surface area (Å²) in [5, 5.41) is 0.